The molecule has 0 aromatic rings. The maximum Gasteiger partial charge on any atom is 0.320 e. The van der Waals surface area contributed by atoms with E-state index in [-0.39, 0.29) is 23.9 Å². The highest BCUT2D eigenvalue weighted by Gasteiger charge is 2.41. The van der Waals surface area contributed by atoms with E-state index >= 15 is 0 Å². The third kappa shape index (κ3) is 2.29. The maximum atomic E-state index is 12.5. The van der Waals surface area contributed by atoms with E-state index in [2.05, 4.69) is 0 Å². The second-order valence-electron chi connectivity index (χ2n) is 5.68. The summed E-state index contributed by atoms with van der Waals surface area (Å²) in [6.07, 6.45) is 1.67. The molecule has 3 rings (SSSR count). The third-order valence-electron chi connectivity index (χ3n) is 4.42. The Morgan fingerprint density at radius 3 is 2.68 bits per heavy atom. The summed E-state index contributed by atoms with van der Waals surface area (Å²) < 4.78 is 5.30. The van der Waals surface area contributed by atoms with E-state index in [1.165, 1.54) is 0 Å². The molecule has 3 aliphatic heterocycles. The number of ether oxygens (including phenoxy) is 1. The van der Waals surface area contributed by atoms with Crippen LogP contribution in [0.3, 0.4) is 0 Å². The smallest absolute Gasteiger partial charge is 0.320 e. The fourth-order valence-electron chi connectivity index (χ4n) is 3.28. The molecule has 106 valence electrons. The van der Waals surface area contributed by atoms with Crippen molar-refractivity contribution in [3.8, 4) is 0 Å². The van der Waals surface area contributed by atoms with Crippen LogP contribution in [0.15, 0.2) is 0 Å². The molecule has 19 heavy (non-hydrogen) atoms. The highest BCUT2D eigenvalue weighted by Crippen LogP contribution is 2.23. The number of fused-ring (bicyclic) bond motifs is 1. The first kappa shape index (κ1) is 12.7. The summed E-state index contributed by atoms with van der Waals surface area (Å²) in [5.74, 6) is 0.375. The van der Waals surface area contributed by atoms with Crippen LogP contribution in [0.4, 0.5) is 4.79 Å². The second-order valence-corrected chi connectivity index (χ2v) is 5.68. The van der Waals surface area contributed by atoms with Crippen LogP contribution in [0.2, 0.25) is 0 Å². The average Bonchev–Trinajstić information content (AvgIpc) is 2.74. The van der Waals surface area contributed by atoms with Crippen LogP contribution < -0.4 is 0 Å². The van der Waals surface area contributed by atoms with Crippen molar-refractivity contribution in [2.24, 2.45) is 5.92 Å². The monoisotopic (exact) mass is 267 g/mol. The Kier molecular flexibility index (Phi) is 3.35. The Morgan fingerprint density at radius 1 is 1.21 bits per heavy atom. The first-order chi connectivity index (χ1) is 9.16. The van der Waals surface area contributed by atoms with Gasteiger partial charge in [-0.05, 0) is 12.8 Å². The van der Waals surface area contributed by atoms with Crippen LogP contribution >= 0.6 is 0 Å². The molecule has 3 aliphatic rings. The summed E-state index contributed by atoms with van der Waals surface area (Å²) in [5, 5.41) is 0. The lowest BCUT2D eigenvalue weighted by Gasteiger charge is -2.38. The van der Waals surface area contributed by atoms with Gasteiger partial charge in [0.15, 0.2) is 0 Å². The molecule has 0 spiro atoms. The number of carbonyl (C=O) groups excluding carboxylic acids is 2. The van der Waals surface area contributed by atoms with Gasteiger partial charge in [0.2, 0.25) is 5.91 Å². The molecule has 3 heterocycles. The van der Waals surface area contributed by atoms with Crippen molar-refractivity contribution in [1.82, 2.24) is 14.7 Å². The van der Waals surface area contributed by atoms with Gasteiger partial charge in [-0.25, -0.2) is 4.79 Å². The zero-order chi connectivity index (χ0) is 13.4. The Morgan fingerprint density at radius 2 is 1.95 bits per heavy atom. The van der Waals surface area contributed by atoms with Crippen molar-refractivity contribution >= 4 is 11.9 Å². The van der Waals surface area contributed by atoms with Crippen LogP contribution in [0.1, 0.15) is 12.8 Å². The van der Waals surface area contributed by atoms with Gasteiger partial charge in [-0.1, -0.05) is 0 Å². The van der Waals surface area contributed by atoms with E-state index in [1.54, 1.807) is 4.90 Å². The zero-order valence-electron chi connectivity index (χ0n) is 11.4. The predicted molar refractivity (Wildman–Crippen MR) is 68.6 cm³/mol. The summed E-state index contributed by atoms with van der Waals surface area (Å²) in [4.78, 5) is 29.9. The molecule has 0 aromatic carbocycles. The Balaban J connectivity index is 1.62. The Bertz CT molecular complexity index is 381. The highest BCUT2D eigenvalue weighted by molar-refractivity contribution is 5.81. The first-order valence-electron chi connectivity index (χ1n) is 7.05. The average molecular weight is 267 g/mol. The lowest BCUT2D eigenvalue weighted by atomic mass is 9.98. The Hall–Kier alpha value is -1.30. The molecule has 0 aromatic heterocycles. The van der Waals surface area contributed by atoms with Gasteiger partial charge in [0.25, 0.3) is 0 Å². The van der Waals surface area contributed by atoms with E-state index in [0.717, 1.165) is 19.4 Å². The fraction of sp³-hybridized carbons (Fsp3) is 0.846. The lowest BCUT2D eigenvalue weighted by Crippen LogP contribution is -2.55. The van der Waals surface area contributed by atoms with Gasteiger partial charge < -0.3 is 19.4 Å². The van der Waals surface area contributed by atoms with Crippen molar-refractivity contribution in [2.75, 3.05) is 46.4 Å². The van der Waals surface area contributed by atoms with Crippen molar-refractivity contribution in [2.45, 2.75) is 18.9 Å². The van der Waals surface area contributed by atoms with E-state index in [1.807, 2.05) is 16.8 Å². The molecular weight excluding hydrogens is 246 g/mol. The summed E-state index contributed by atoms with van der Waals surface area (Å²) in [7, 11) is 1.82. The van der Waals surface area contributed by atoms with E-state index in [0.29, 0.717) is 32.8 Å². The topological polar surface area (TPSA) is 53.1 Å². The van der Waals surface area contributed by atoms with Gasteiger partial charge >= 0.3 is 6.03 Å². The van der Waals surface area contributed by atoms with Crippen molar-refractivity contribution in [3.63, 3.8) is 0 Å². The molecule has 3 saturated heterocycles. The van der Waals surface area contributed by atoms with Crippen LogP contribution in [-0.2, 0) is 9.53 Å². The number of rotatable bonds is 1. The number of carbonyl (C=O) groups is 2. The van der Waals surface area contributed by atoms with Crippen LogP contribution in [0.5, 0.6) is 0 Å². The second kappa shape index (κ2) is 5.00. The summed E-state index contributed by atoms with van der Waals surface area (Å²) >= 11 is 0. The number of nitrogens with zero attached hydrogens (tertiary/aromatic N) is 3. The third-order valence-corrected chi connectivity index (χ3v) is 4.42. The molecule has 0 bridgehead atoms. The molecule has 0 saturated carbocycles. The fourth-order valence-corrected chi connectivity index (χ4v) is 3.28. The molecular formula is C13H21N3O3. The van der Waals surface area contributed by atoms with Gasteiger partial charge in [-0.15, -0.1) is 0 Å². The molecule has 0 aliphatic carbocycles. The van der Waals surface area contributed by atoms with Crippen molar-refractivity contribution < 1.29 is 14.3 Å². The standard InChI is InChI=1S/C13H21N3O3/c1-14-8-11-9-15(4-5-16(11)13(14)18)12(17)10-2-6-19-7-3-10/h10-11H,2-9H2,1H3. The normalized spacial score (nSPS) is 28.8. The number of hydrogen-bond acceptors (Lipinski definition) is 3. The van der Waals surface area contributed by atoms with Crippen LogP contribution in [0.25, 0.3) is 0 Å². The van der Waals surface area contributed by atoms with Gasteiger partial charge in [0.05, 0.1) is 6.04 Å². The van der Waals surface area contributed by atoms with Crippen LogP contribution in [-0.4, -0.2) is 79.1 Å². The van der Waals surface area contributed by atoms with Gasteiger partial charge in [-0.3, -0.25) is 4.79 Å². The first-order valence-corrected chi connectivity index (χ1v) is 7.05. The SMILES string of the molecule is CN1CC2CN(C(=O)C3CCOCC3)CCN2C1=O. The van der Waals surface area contributed by atoms with Crippen molar-refractivity contribution in [3.05, 3.63) is 0 Å². The summed E-state index contributed by atoms with van der Waals surface area (Å²) in [6.45, 7) is 4.15. The number of hydrogen-bond donors (Lipinski definition) is 0. The van der Waals surface area contributed by atoms with Gasteiger partial charge in [0, 0.05) is 52.4 Å². The number of urea groups is 1. The number of likely N-dealkylation sites (N-methyl/N-ethyl adjacent to an activating group) is 1. The van der Waals surface area contributed by atoms with Crippen molar-refractivity contribution in [1.29, 1.82) is 0 Å². The molecule has 0 N–H and O–H groups in total. The maximum absolute atomic E-state index is 12.5. The van der Waals surface area contributed by atoms with Crippen LogP contribution in [0, 0.1) is 5.92 Å². The minimum atomic E-state index is 0.100. The molecule has 1 atom stereocenters. The largest absolute Gasteiger partial charge is 0.381 e. The highest BCUT2D eigenvalue weighted by atomic mass is 16.5. The van der Waals surface area contributed by atoms with E-state index < -0.39 is 0 Å². The molecule has 3 amide bonds. The molecule has 0 radical (unpaired) electrons. The lowest BCUT2D eigenvalue weighted by molar-refractivity contribution is -0.140. The van der Waals surface area contributed by atoms with Gasteiger partial charge in [0.1, 0.15) is 0 Å². The molecule has 1 unspecified atom stereocenters. The van der Waals surface area contributed by atoms with E-state index in [4.69, 9.17) is 4.74 Å². The number of piperazine rings is 1. The molecule has 6 nitrogen and oxygen atoms in total. The summed E-state index contributed by atoms with van der Waals surface area (Å²) in [5.41, 5.74) is 0. The molecule has 3 fully saturated rings. The Labute approximate surface area is 113 Å². The van der Waals surface area contributed by atoms with Gasteiger partial charge in [-0.2, -0.15) is 0 Å². The predicted octanol–water partition coefficient (Wildman–Crippen LogP) is -0.00880. The quantitative estimate of drug-likeness (QED) is 0.671. The number of amides is 3. The molecule has 6 heteroatoms. The summed E-state index contributed by atoms with van der Waals surface area (Å²) in [6, 6.07) is 0.276. The minimum absolute atomic E-state index is 0.100. The minimum Gasteiger partial charge on any atom is -0.381 e. The zero-order valence-corrected chi connectivity index (χ0v) is 11.4. The van der Waals surface area contributed by atoms with E-state index in [9.17, 15) is 9.59 Å².